The smallest absolute Gasteiger partial charge is 0.443 e. The highest BCUT2D eigenvalue weighted by molar-refractivity contribution is 7.90. The van der Waals surface area contributed by atoms with Gasteiger partial charge in [0.2, 0.25) is 5.84 Å². The van der Waals surface area contributed by atoms with Crippen molar-refractivity contribution in [2.24, 2.45) is 10.7 Å². The minimum atomic E-state index is -5.91. The molecule has 0 radical (unpaired) electrons. The molecule has 12 heteroatoms. The molecule has 0 bridgehead atoms. The van der Waals surface area contributed by atoms with Crippen LogP contribution in [0.25, 0.3) is 0 Å². The topological polar surface area (TPSA) is 102 Å². The molecule has 1 amide bonds. The van der Waals surface area contributed by atoms with Gasteiger partial charge in [0.05, 0.1) is 19.3 Å². The molecule has 0 spiro atoms. The molecule has 0 fully saturated rings. The van der Waals surface area contributed by atoms with Crippen LogP contribution >= 0.6 is 0 Å². The summed E-state index contributed by atoms with van der Waals surface area (Å²) in [7, 11) is -5.91. The van der Waals surface area contributed by atoms with Gasteiger partial charge in [-0.15, -0.1) is 0 Å². The lowest BCUT2D eigenvalue weighted by atomic mass is 10.1. The number of halogens is 3. The third-order valence-corrected chi connectivity index (χ3v) is 5.74. The van der Waals surface area contributed by atoms with Crippen molar-refractivity contribution >= 4 is 22.0 Å². The molecule has 2 N–H and O–H groups in total. The maximum atomic E-state index is 13.1. The van der Waals surface area contributed by atoms with E-state index < -0.39 is 33.8 Å². The Bertz CT molecular complexity index is 885. The molecule has 29 heavy (non-hydrogen) atoms. The molecule has 2 heterocycles. The van der Waals surface area contributed by atoms with Crippen molar-refractivity contribution in [3.63, 3.8) is 0 Å². The van der Waals surface area contributed by atoms with E-state index in [1.54, 1.807) is 30.6 Å². The fourth-order valence-corrected chi connectivity index (χ4v) is 3.83. The van der Waals surface area contributed by atoms with Crippen LogP contribution in [0.15, 0.2) is 41.3 Å². The van der Waals surface area contributed by atoms with E-state index in [9.17, 15) is 26.4 Å². The minimum Gasteiger partial charge on any atom is -0.443 e. The van der Waals surface area contributed by atoms with Crippen molar-refractivity contribution < 1.29 is 35.6 Å². The van der Waals surface area contributed by atoms with Gasteiger partial charge in [-0.1, -0.05) is 0 Å². The first-order valence-electron chi connectivity index (χ1n) is 8.78. The number of hydrogen-bond acceptors (Lipinski definition) is 6. The zero-order valence-electron chi connectivity index (χ0n) is 16.3. The number of rotatable bonds is 6. The molecule has 0 saturated heterocycles. The number of ether oxygens (including phenoxy) is 1. The van der Waals surface area contributed by atoms with E-state index in [0.717, 1.165) is 5.70 Å². The van der Waals surface area contributed by atoms with E-state index in [1.807, 2.05) is 0 Å². The first-order chi connectivity index (χ1) is 13.2. The van der Waals surface area contributed by atoms with Gasteiger partial charge < -0.3 is 10.5 Å². The second kappa shape index (κ2) is 7.92. The first kappa shape index (κ1) is 23.1. The summed E-state index contributed by atoms with van der Waals surface area (Å²) in [6.07, 6.45) is 6.87. The molecular formula is C17H24F3N4O4S+. The van der Waals surface area contributed by atoms with Crippen molar-refractivity contribution in [3.8, 4) is 0 Å². The number of fused-ring (bicyclic) bond motifs is 1. The number of alkyl halides is 3. The predicted octanol–water partition coefficient (Wildman–Crippen LogP) is 2.58. The van der Waals surface area contributed by atoms with E-state index >= 15 is 0 Å². The molecule has 2 rings (SSSR count). The monoisotopic (exact) mass is 437 g/mol. The molecule has 0 aromatic carbocycles. The Hall–Kier alpha value is -2.18. The molecule has 0 aromatic heterocycles. The third kappa shape index (κ3) is 4.70. The van der Waals surface area contributed by atoms with Crippen molar-refractivity contribution in [1.82, 2.24) is 4.31 Å². The predicted molar refractivity (Wildman–Crippen MR) is 101 cm³/mol. The molecule has 1 unspecified atom stereocenters. The molecule has 1 atom stereocenters. The molecule has 0 aromatic rings. The fourth-order valence-electron chi connectivity index (χ4n) is 2.97. The Balaban J connectivity index is 2.24. The first-order valence-corrected chi connectivity index (χ1v) is 10.2. The molecular weight excluding hydrogens is 413 g/mol. The summed E-state index contributed by atoms with van der Waals surface area (Å²) in [6, 6.07) is 0. The fraction of sp³-hybridized carbons (Fsp3) is 0.529. The number of quaternary nitrogens is 1. The Labute approximate surface area is 167 Å². The van der Waals surface area contributed by atoms with E-state index in [2.05, 4.69) is 4.99 Å². The van der Waals surface area contributed by atoms with Crippen LogP contribution in [-0.2, 0) is 14.8 Å². The number of amidine groups is 1. The highest BCUT2D eigenvalue weighted by atomic mass is 32.2. The van der Waals surface area contributed by atoms with Gasteiger partial charge in [0.1, 0.15) is 17.5 Å². The van der Waals surface area contributed by atoms with Crippen molar-refractivity contribution in [2.45, 2.75) is 38.3 Å². The molecule has 2 aliphatic heterocycles. The van der Waals surface area contributed by atoms with Crippen LogP contribution in [0.3, 0.4) is 0 Å². The van der Waals surface area contributed by atoms with E-state index in [4.69, 9.17) is 10.5 Å². The average molecular weight is 437 g/mol. The number of carbonyl (C=O) groups is 1. The van der Waals surface area contributed by atoms with E-state index in [-0.39, 0.29) is 28.3 Å². The number of aliphatic imine (C=N–C) groups is 1. The third-order valence-electron chi connectivity index (χ3n) is 4.24. The summed E-state index contributed by atoms with van der Waals surface area (Å²) in [5.74, 6) is 0.607. The van der Waals surface area contributed by atoms with Crippen LogP contribution in [0.2, 0.25) is 0 Å². The Kier molecular flexibility index (Phi) is 6.31. The maximum absolute atomic E-state index is 13.1. The van der Waals surface area contributed by atoms with Crippen LogP contribution in [0, 0.1) is 0 Å². The SMILES string of the molecule is CC(C)(C)OC(=O)N(CCC[N+]12C=CN=C1C=CC=C2CN)S(=O)(=O)C(F)(F)F. The van der Waals surface area contributed by atoms with Crippen LogP contribution in [-0.4, -0.2) is 59.9 Å². The number of hydrogen-bond donors (Lipinski definition) is 1. The normalized spacial score (nSPS) is 21.5. The van der Waals surface area contributed by atoms with Crippen LogP contribution < -0.4 is 5.73 Å². The average Bonchev–Trinajstić information content (AvgIpc) is 2.99. The van der Waals surface area contributed by atoms with Crippen LogP contribution in [0.5, 0.6) is 0 Å². The summed E-state index contributed by atoms with van der Waals surface area (Å²) in [5.41, 5.74) is -0.274. The Morgan fingerprint density at radius 2 is 1.97 bits per heavy atom. The van der Waals surface area contributed by atoms with Gasteiger partial charge in [-0.25, -0.2) is 9.28 Å². The number of allylic oxidation sites excluding steroid dienone is 2. The Morgan fingerprint density at radius 3 is 2.52 bits per heavy atom. The summed E-state index contributed by atoms with van der Waals surface area (Å²) in [5, 5.41) is 0. The number of carbonyl (C=O) groups excluding carboxylic acids is 1. The standard InChI is InChI=1S/C17H24F3N4O4S/c1-16(2,3)28-15(25)23(29(26,27)17(18,19)20)9-5-10-24-11-8-22-14(24)7-4-6-13(24)12-21/h4,6-8,11H,5,9-10,12,21H2,1-3H3/q+1. The highest BCUT2D eigenvalue weighted by Crippen LogP contribution is 2.31. The second-order valence-corrected chi connectivity index (χ2v) is 9.31. The summed E-state index contributed by atoms with van der Waals surface area (Å²) in [6.45, 7) is 3.91. The van der Waals surface area contributed by atoms with Gasteiger partial charge in [-0.2, -0.15) is 30.9 Å². The largest absolute Gasteiger partial charge is 0.516 e. The number of nitrogens with zero attached hydrogens (tertiary/aromatic N) is 3. The zero-order chi connectivity index (χ0) is 22.1. The van der Waals surface area contributed by atoms with E-state index in [1.165, 1.54) is 20.8 Å². The molecule has 8 nitrogen and oxygen atoms in total. The maximum Gasteiger partial charge on any atom is 0.516 e. The zero-order valence-corrected chi connectivity index (χ0v) is 17.1. The summed E-state index contributed by atoms with van der Waals surface area (Å²) in [4.78, 5) is 16.4. The second-order valence-electron chi connectivity index (χ2n) is 7.46. The lowest BCUT2D eigenvalue weighted by molar-refractivity contribution is -0.744. The molecule has 2 aliphatic rings. The van der Waals surface area contributed by atoms with Crippen LogP contribution in [0.4, 0.5) is 18.0 Å². The van der Waals surface area contributed by atoms with Crippen LogP contribution in [0.1, 0.15) is 27.2 Å². The van der Waals surface area contributed by atoms with Gasteiger partial charge in [0, 0.05) is 19.0 Å². The quantitative estimate of drug-likeness (QED) is 0.644. The highest BCUT2D eigenvalue weighted by Gasteiger charge is 2.53. The molecule has 0 saturated carbocycles. The number of nitrogens with two attached hydrogens (primary N) is 1. The Morgan fingerprint density at radius 1 is 1.31 bits per heavy atom. The summed E-state index contributed by atoms with van der Waals surface area (Å²) < 4.78 is 67.8. The van der Waals surface area contributed by atoms with Gasteiger partial charge in [0.15, 0.2) is 0 Å². The lowest BCUT2D eigenvalue weighted by Crippen LogP contribution is -2.51. The van der Waals surface area contributed by atoms with Gasteiger partial charge in [-0.3, -0.25) is 0 Å². The van der Waals surface area contributed by atoms with Crippen molar-refractivity contribution in [3.05, 3.63) is 36.3 Å². The minimum absolute atomic E-state index is 0.0707. The van der Waals surface area contributed by atoms with Gasteiger partial charge >= 0.3 is 21.6 Å². The van der Waals surface area contributed by atoms with Crippen molar-refractivity contribution in [2.75, 3.05) is 19.6 Å². The van der Waals surface area contributed by atoms with Crippen molar-refractivity contribution in [1.29, 1.82) is 0 Å². The molecule has 0 aliphatic carbocycles. The number of amides is 1. The van der Waals surface area contributed by atoms with Gasteiger partial charge in [0.25, 0.3) is 0 Å². The lowest BCUT2D eigenvalue weighted by Gasteiger charge is -2.34. The van der Waals surface area contributed by atoms with E-state index in [0.29, 0.717) is 5.84 Å². The van der Waals surface area contributed by atoms with Gasteiger partial charge in [-0.05, 0) is 32.9 Å². The summed E-state index contributed by atoms with van der Waals surface area (Å²) >= 11 is 0. The number of sulfonamides is 1. The molecule has 162 valence electrons.